The van der Waals surface area contributed by atoms with Gasteiger partial charge in [-0.3, -0.25) is 4.79 Å². The number of carbonyl (C=O) groups excluding carboxylic acids is 1. The molecule has 1 atom stereocenters. The monoisotopic (exact) mass is 343 g/mol. The number of halogens is 1. The first kappa shape index (κ1) is 17.4. The molecule has 0 bridgehead atoms. The summed E-state index contributed by atoms with van der Waals surface area (Å²) in [7, 11) is 0. The number of hydrogen-bond donors (Lipinski definition) is 2. The minimum atomic E-state index is -0.850. The molecule has 1 aliphatic carbocycles. The van der Waals surface area contributed by atoms with Crippen molar-refractivity contribution < 1.29 is 19.4 Å². The Morgan fingerprint density at radius 2 is 1.92 bits per heavy atom. The summed E-state index contributed by atoms with van der Waals surface area (Å²) < 4.78 is 13.0. The molecule has 1 unspecified atom stereocenters. The second-order valence-electron chi connectivity index (χ2n) is 6.64. The van der Waals surface area contributed by atoms with Gasteiger partial charge in [0, 0.05) is 6.04 Å². The van der Waals surface area contributed by atoms with Gasteiger partial charge in [0.15, 0.2) is 0 Å². The van der Waals surface area contributed by atoms with E-state index in [2.05, 4.69) is 0 Å². The van der Waals surface area contributed by atoms with Crippen molar-refractivity contribution in [2.75, 3.05) is 6.54 Å². The zero-order valence-electron chi connectivity index (χ0n) is 14.2. The van der Waals surface area contributed by atoms with E-state index in [1.165, 1.54) is 24.3 Å². The standard InChI is InChI=1S/C20H22FNO3/c1-13-2-3-14(10-18(13)23)11-20(25)22(17-8-9-17)12-19(24)15-4-6-16(21)7-5-15/h2-7,10,17,19,23-24H,8-9,11-12H2,1H3. The van der Waals surface area contributed by atoms with Gasteiger partial charge in [0.1, 0.15) is 11.6 Å². The van der Waals surface area contributed by atoms with Crippen molar-refractivity contribution in [2.24, 2.45) is 0 Å². The smallest absolute Gasteiger partial charge is 0.227 e. The summed E-state index contributed by atoms with van der Waals surface area (Å²) in [4.78, 5) is 14.4. The van der Waals surface area contributed by atoms with Crippen molar-refractivity contribution in [3.63, 3.8) is 0 Å². The number of benzene rings is 2. The number of aliphatic hydroxyl groups excluding tert-OH is 1. The quantitative estimate of drug-likeness (QED) is 0.847. The van der Waals surface area contributed by atoms with E-state index < -0.39 is 6.10 Å². The van der Waals surface area contributed by atoms with Crippen LogP contribution in [0.4, 0.5) is 4.39 Å². The summed E-state index contributed by atoms with van der Waals surface area (Å²) in [6, 6.07) is 11.0. The topological polar surface area (TPSA) is 60.8 Å². The highest BCUT2D eigenvalue weighted by Gasteiger charge is 2.33. The van der Waals surface area contributed by atoms with E-state index in [1.807, 2.05) is 6.07 Å². The molecule has 1 amide bonds. The molecular weight excluding hydrogens is 321 g/mol. The lowest BCUT2D eigenvalue weighted by Crippen LogP contribution is -2.37. The minimum absolute atomic E-state index is 0.0769. The maximum atomic E-state index is 13.0. The zero-order chi connectivity index (χ0) is 18.0. The molecular formula is C20H22FNO3. The number of hydrogen-bond acceptors (Lipinski definition) is 3. The zero-order valence-corrected chi connectivity index (χ0v) is 14.2. The first-order valence-electron chi connectivity index (χ1n) is 8.45. The third kappa shape index (κ3) is 4.37. The molecule has 0 aromatic heterocycles. The fraction of sp³-hybridized carbons (Fsp3) is 0.350. The number of aryl methyl sites for hydroxylation is 1. The number of carbonyl (C=O) groups is 1. The minimum Gasteiger partial charge on any atom is -0.508 e. The molecule has 0 spiro atoms. The van der Waals surface area contributed by atoms with Gasteiger partial charge in [0.2, 0.25) is 5.91 Å². The molecule has 0 aliphatic heterocycles. The van der Waals surface area contributed by atoms with Crippen LogP contribution in [0.5, 0.6) is 5.75 Å². The lowest BCUT2D eigenvalue weighted by atomic mass is 10.1. The van der Waals surface area contributed by atoms with Crippen LogP contribution in [0.1, 0.15) is 35.6 Å². The molecule has 1 saturated carbocycles. The summed E-state index contributed by atoms with van der Waals surface area (Å²) in [6.45, 7) is 1.99. The van der Waals surface area contributed by atoms with Gasteiger partial charge >= 0.3 is 0 Å². The Balaban J connectivity index is 1.68. The lowest BCUT2D eigenvalue weighted by Gasteiger charge is -2.25. The van der Waals surface area contributed by atoms with Crippen molar-refractivity contribution in [1.29, 1.82) is 0 Å². The third-order valence-corrected chi connectivity index (χ3v) is 4.56. The summed E-state index contributed by atoms with van der Waals surface area (Å²) in [5, 5.41) is 20.2. The van der Waals surface area contributed by atoms with Crippen LogP contribution in [0.25, 0.3) is 0 Å². The van der Waals surface area contributed by atoms with Crippen LogP contribution in [-0.2, 0) is 11.2 Å². The molecule has 25 heavy (non-hydrogen) atoms. The van der Waals surface area contributed by atoms with Crippen LogP contribution in [0.15, 0.2) is 42.5 Å². The highest BCUT2D eigenvalue weighted by atomic mass is 19.1. The Bertz CT molecular complexity index is 756. The Labute approximate surface area is 146 Å². The first-order chi connectivity index (χ1) is 11.9. The Morgan fingerprint density at radius 3 is 2.52 bits per heavy atom. The highest BCUT2D eigenvalue weighted by molar-refractivity contribution is 5.79. The van der Waals surface area contributed by atoms with Gasteiger partial charge < -0.3 is 15.1 Å². The molecule has 1 aliphatic rings. The maximum Gasteiger partial charge on any atom is 0.227 e. The van der Waals surface area contributed by atoms with Gasteiger partial charge in [0.05, 0.1) is 19.1 Å². The Kier molecular flexibility index (Phi) is 5.04. The molecule has 0 heterocycles. The summed E-state index contributed by atoms with van der Waals surface area (Å²) in [5.41, 5.74) is 2.10. The van der Waals surface area contributed by atoms with Crippen molar-refractivity contribution in [3.05, 3.63) is 65.0 Å². The van der Waals surface area contributed by atoms with Crippen molar-refractivity contribution in [3.8, 4) is 5.75 Å². The van der Waals surface area contributed by atoms with E-state index in [0.717, 1.165) is 24.0 Å². The number of aromatic hydroxyl groups is 1. The fourth-order valence-corrected chi connectivity index (χ4v) is 2.86. The van der Waals surface area contributed by atoms with Gasteiger partial charge in [0.25, 0.3) is 0 Å². The third-order valence-electron chi connectivity index (χ3n) is 4.56. The molecule has 2 N–H and O–H groups in total. The predicted molar refractivity (Wildman–Crippen MR) is 92.6 cm³/mol. The van der Waals surface area contributed by atoms with Crippen molar-refractivity contribution >= 4 is 5.91 Å². The van der Waals surface area contributed by atoms with Crippen LogP contribution in [0.3, 0.4) is 0 Å². The Morgan fingerprint density at radius 1 is 1.24 bits per heavy atom. The fourth-order valence-electron chi connectivity index (χ4n) is 2.86. The molecule has 0 saturated heterocycles. The van der Waals surface area contributed by atoms with Crippen molar-refractivity contribution in [2.45, 2.75) is 38.3 Å². The van der Waals surface area contributed by atoms with Crippen molar-refractivity contribution in [1.82, 2.24) is 4.90 Å². The van der Waals surface area contributed by atoms with Crippen LogP contribution in [0.2, 0.25) is 0 Å². The van der Waals surface area contributed by atoms with E-state index in [9.17, 15) is 19.4 Å². The van der Waals surface area contributed by atoms with Gasteiger partial charge in [-0.2, -0.15) is 0 Å². The highest BCUT2D eigenvalue weighted by Crippen LogP contribution is 2.30. The van der Waals surface area contributed by atoms with E-state index >= 15 is 0 Å². The number of aliphatic hydroxyl groups is 1. The first-order valence-corrected chi connectivity index (χ1v) is 8.45. The largest absolute Gasteiger partial charge is 0.508 e. The predicted octanol–water partition coefficient (Wildman–Crippen LogP) is 3.11. The second-order valence-corrected chi connectivity index (χ2v) is 6.64. The van der Waals surface area contributed by atoms with Crippen LogP contribution in [0, 0.1) is 12.7 Å². The summed E-state index contributed by atoms with van der Waals surface area (Å²) >= 11 is 0. The normalized spacial score (nSPS) is 15.0. The van der Waals surface area contributed by atoms with Crippen LogP contribution >= 0.6 is 0 Å². The average Bonchev–Trinajstić information content (AvgIpc) is 3.41. The van der Waals surface area contributed by atoms with Crippen LogP contribution in [-0.4, -0.2) is 33.6 Å². The van der Waals surface area contributed by atoms with E-state index in [0.29, 0.717) is 5.56 Å². The molecule has 1 fully saturated rings. The molecule has 2 aromatic rings. The molecule has 3 rings (SSSR count). The molecule has 2 aromatic carbocycles. The van der Waals surface area contributed by atoms with E-state index in [-0.39, 0.29) is 36.5 Å². The number of amides is 1. The molecule has 132 valence electrons. The summed E-state index contributed by atoms with van der Waals surface area (Å²) in [5.74, 6) is -0.258. The number of rotatable bonds is 6. The summed E-state index contributed by atoms with van der Waals surface area (Å²) in [6.07, 6.45) is 1.19. The van der Waals surface area contributed by atoms with Gasteiger partial charge in [-0.15, -0.1) is 0 Å². The molecule has 5 heteroatoms. The SMILES string of the molecule is Cc1ccc(CC(=O)N(CC(O)c2ccc(F)cc2)C2CC2)cc1O. The molecule has 0 radical (unpaired) electrons. The van der Waals surface area contributed by atoms with Crippen LogP contribution < -0.4 is 0 Å². The molecule has 4 nitrogen and oxygen atoms in total. The second kappa shape index (κ2) is 7.23. The lowest BCUT2D eigenvalue weighted by molar-refractivity contribution is -0.132. The van der Waals surface area contributed by atoms with Gasteiger partial charge in [-0.25, -0.2) is 4.39 Å². The van der Waals surface area contributed by atoms with Gasteiger partial charge in [-0.05, 0) is 54.7 Å². The Hall–Kier alpha value is -2.40. The number of phenolic OH excluding ortho intramolecular Hbond substituents is 1. The van der Waals surface area contributed by atoms with E-state index in [1.54, 1.807) is 24.0 Å². The van der Waals surface area contributed by atoms with E-state index in [4.69, 9.17) is 0 Å². The average molecular weight is 343 g/mol. The number of phenols is 1. The van der Waals surface area contributed by atoms with Gasteiger partial charge in [-0.1, -0.05) is 24.3 Å². The maximum absolute atomic E-state index is 13.0. The number of nitrogens with zero attached hydrogens (tertiary/aromatic N) is 1.